The van der Waals surface area contributed by atoms with Crippen LogP contribution < -0.4 is 14.8 Å². The average molecular weight is 569 g/mol. The molecule has 2 heterocycles. The minimum Gasteiger partial charge on any atom is -0.493 e. The summed E-state index contributed by atoms with van der Waals surface area (Å²) in [5.41, 5.74) is 2.96. The number of nitriles is 1. The zero-order valence-corrected chi connectivity index (χ0v) is 24.0. The maximum Gasteiger partial charge on any atom is 0.254 e. The Balaban J connectivity index is 1.43. The molecule has 0 unspecified atom stereocenters. The van der Waals surface area contributed by atoms with Crippen molar-refractivity contribution < 1.29 is 23.8 Å². The number of carbonyl (C=O) groups is 2. The summed E-state index contributed by atoms with van der Waals surface area (Å²) >= 11 is 0. The third-order valence-electron chi connectivity index (χ3n) is 7.64. The number of carbonyl (C=O) groups excluding carboxylic acids is 2. The van der Waals surface area contributed by atoms with Crippen LogP contribution >= 0.6 is 0 Å². The molecule has 0 aromatic heterocycles. The van der Waals surface area contributed by atoms with Crippen LogP contribution in [0.3, 0.4) is 0 Å². The van der Waals surface area contributed by atoms with E-state index in [0.29, 0.717) is 67.5 Å². The average Bonchev–Trinajstić information content (AvgIpc) is 3.00. The first-order valence-electron chi connectivity index (χ1n) is 14.3. The van der Waals surface area contributed by atoms with Crippen molar-refractivity contribution >= 4 is 11.8 Å². The molecule has 218 valence electrons. The number of piperidine rings is 1. The van der Waals surface area contributed by atoms with Crippen LogP contribution in [-0.2, 0) is 22.7 Å². The number of rotatable bonds is 5. The molecular weight excluding hydrogens is 532 g/mol. The molecule has 2 aliphatic heterocycles. The molecule has 3 aromatic rings. The summed E-state index contributed by atoms with van der Waals surface area (Å²) in [7, 11) is 1.55. The molecule has 42 heavy (non-hydrogen) atoms. The normalized spacial score (nSPS) is 19.7. The fraction of sp³-hybridized carbons (Fsp3) is 0.364. The second kappa shape index (κ2) is 13.5. The number of benzene rings is 3. The van der Waals surface area contributed by atoms with Gasteiger partial charge in [-0.25, -0.2) is 0 Å². The van der Waals surface area contributed by atoms with Gasteiger partial charge in [-0.1, -0.05) is 37.3 Å². The Morgan fingerprint density at radius 2 is 1.95 bits per heavy atom. The summed E-state index contributed by atoms with van der Waals surface area (Å²) in [5.74, 6) is 1.03. The number of nitrogens with one attached hydrogen (secondary N) is 1. The molecule has 2 amide bonds. The van der Waals surface area contributed by atoms with E-state index in [4.69, 9.17) is 14.2 Å². The Morgan fingerprint density at radius 1 is 1.10 bits per heavy atom. The fourth-order valence-electron chi connectivity index (χ4n) is 5.52. The maximum absolute atomic E-state index is 13.6. The Labute approximate surface area is 246 Å². The molecule has 3 aromatic carbocycles. The lowest BCUT2D eigenvalue weighted by Gasteiger charge is -2.39. The largest absolute Gasteiger partial charge is 0.493 e. The molecule has 0 saturated carbocycles. The third kappa shape index (κ3) is 6.90. The molecule has 1 fully saturated rings. The second-order valence-electron chi connectivity index (χ2n) is 10.7. The molecule has 9 heteroatoms. The van der Waals surface area contributed by atoms with Gasteiger partial charge < -0.3 is 24.4 Å². The Morgan fingerprint density at radius 3 is 2.76 bits per heavy atom. The Hall–Kier alpha value is -4.39. The van der Waals surface area contributed by atoms with Crippen LogP contribution in [0.25, 0.3) is 0 Å². The van der Waals surface area contributed by atoms with Gasteiger partial charge in [0.2, 0.25) is 5.91 Å². The molecule has 9 nitrogen and oxygen atoms in total. The van der Waals surface area contributed by atoms with Gasteiger partial charge in [0.1, 0.15) is 5.75 Å². The molecule has 4 bridgehead atoms. The van der Waals surface area contributed by atoms with Crippen LogP contribution in [0, 0.1) is 11.3 Å². The van der Waals surface area contributed by atoms with Gasteiger partial charge in [-0.3, -0.25) is 14.5 Å². The minimum atomic E-state index is -0.294. The van der Waals surface area contributed by atoms with Crippen molar-refractivity contribution in [2.45, 2.75) is 45.1 Å². The molecule has 2 aliphatic rings. The third-order valence-corrected chi connectivity index (χ3v) is 7.64. The molecule has 0 spiro atoms. The lowest BCUT2D eigenvalue weighted by Crippen LogP contribution is -2.56. The molecule has 1 saturated heterocycles. The number of methoxy groups -OCH3 is 1. The lowest BCUT2D eigenvalue weighted by atomic mass is 9.99. The molecule has 1 N–H and O–H groups in total. The summed E-state index contributed by atoms with van der Waals surface area (Å²) in [5, 5.41) is 12.7. The summed E-state index contributed by atoms with van der Waals surface area (Å²) < 4.78 is 18.1. The zero-order chi connectivity index (χ0) is 29.5. The summed E-state index contributed by atoms with van der Waals surface area (Å²) in [6.45, 7) is 4.62. The molecule has 5 rings (SSSR count). The van der Waals surface area contributed by atoms with E-state index in [9.17, 15) is 14.9 Å². The number of amides is 2. The summed E-state index contributed by atoms with van der Waals surface area (Å²) in [4.78, 5) is 30.7. The predicted octanol–water partition coefficient (Wildman–Crippen LogP) is 4.50. The predicted molar refractivity (Wildman–Crippen MR) is 157 cm³/mol. The molecule has 0 radical (unpaired) electrons. The number of hydrogen-bond acceptors (Lipinski definition) is 7. The van der Waals surface area contributed by atoms with Gasteiger partial charge in [0.25, 0.3) is 5.91 Å². The highest BCUT2D eigenvalue weighted by Gasteiger charge is 2.32. The van der Waals surface area contributed by atoms with E-state index in [0.717, 1.165) is 17.7 Å². The monoisotopic (exact) mass is 568 g/mol. The van der Waals surface area contributed by atoms with Crippen LogP contribution in [-0.4, -0.2) is 67.0 Å². The van der Waals surface area contributed by atoms with Crippen LogP contribution in [0.15, 0.2) is 66.7 Å². The van der Waals surface area contributed by atoms with Crippen LogP contribution in [0.1, 0.15) is 46.8 Å². The van der Waals surface area contributed by atoms with E-state index in [-0.39, 0.29) is 30.5 Å². The highest BCUT2D eigenvalue weighted by molar-refractivity contribution is 5.97. The molecule has 2 atom stereocenters. The second-order valence-corrected chi connectivity index (χ2v) is 10.7. The quantitative estimate of drug-likeness (QED) is 0.483. The summed E-state index contributed by atoms with van der Waals surface area (Å²) in [6.07, 6.45) is 1.09. The minimum absolute atomic E-state index is 0.0591. The highest BCUT2D eigenvalue weighted by Crippen LogP contribution is 2.33. The number of nitrogens with zero attached hydrogens (tertiary/aromatic N) is 3. The number of likely N-dealkylation sites (tertiary alicyclic amines) is 1. The lowest BCUT2D eigenvalue weighted by molar-refractivity contribution is -0.125. The van der Waals surface area contributed by atoms with Gasteiger partial charge in [-0.05, 0) is 60.4 Å². The van der Waals surface area contributed by atoms with Crippen molar-refractivity contribution in [1.82, 2.24) is 15.1 Å². The number of hydrogen-bond donors (Lipinski definition) is 1. The summed E-state index contributed by atoms with van der Waals surface area (Å²) in [6, 6.07) is 22.3. The topological polar surface area (TPSA) is 104 Å². The van der Waals surface area contributed by atoms with Gasteiger partial charge in [0.15, 0.2) is 11.5 Å². The first-order valence-corrected chi connectivity index (χ1v) is 14.3. The van der Waals surface area contributed by atoms with E-state index >= 15 is 0 Å². The smallest absolute Gasteiger partial charge is 0.254 e. The van der Waals surface area contributed by atoms with Crippen molar-refractivity contribution in [3.63, 3.8) is 0 Å². The Bertz CT molecular complexity index is 1470. The SMILES string of the molecule is CCCN1CC(=O)N[C@H]2CCN(Cc3ccccc3C#N)C[C@@H]2OCc2cccc(c2)Oc2cc(ccc2OC)C1=O. The van der Waals surface area contributed by atoms with Gasteiger partial charge in [0, 0.05) is 31.7 Å². The van der Waals surface area contributed by atoms with Gasteiger partial charge in [0.05, 0.1) is 44.0 Å². The van der Waals surface area contributed by atoms with E-state index in [2.05, 4.69) is 16.3 Å². The van der Waals surface area contributed by atoms with Crippen molar-refractivity contribution in [1.29, 1.82) is 5.26 Å². The van der Waals surface area contributed by atoms with Gasteiger partial charge in [-0.15, -0.1) is 0 Å². The van der Waals surface area contributed by atoms with Crippen molar-refractivity contribution in [2.75, 3.05) is 33.3 Å². The van der Waals surface area contributed by atoms with E-state index in [1.165, 1.54) is 0 Å². The first kappa shape index (κ1) is 29.1. The van der Waals surface area contributed by atoms with Crippen LogP contribution in [0.2, 0.25) is 0 Å². The van der Waals surface area contributed by atoms with Gasteiger partial charge in [-0.2, -0.15) is 5.26 Å². The molecular formula is C33H36N4O5. The number of fused-ring (bicyclic) bond motifs is 5. The first-order chi connectivity index (χ1) is 20.5. The van der Waals surface area contributed by atoms with E-state index < -0.39 is 0 Å². The van der Waals surface area contributed by atoms with Crippen LogP contribution in [0.4, 0.5) is 0 Å². The van der Waals surface area contributed by atoms with Crippen molar-refractivity contribution in [3.05, 3.63) is 89.0 Å². The Kier molecular flexibility index (Phi) is 9.37. The number of ether oxygens (including phenoxy) is 3. The van der Waals surface area contributed by atoms with Crippen LogP contribution in [0.5, 0.6) is 17.2 Å². The van der Waals surface area contributed by atoms with E-state index in [1.54, 1.807) is 30.2 Å². The zero-order valence-electron chi connectivity index (χ0n) is 24.0. The van der Waals surface area contributed by atoms with E-state index in [1.807, 2.05) is 55.5 Å². The fourth-order valence-corrected chi connectivity index (χ4v) is 5.52. The van der Waals surface area contributed by atoms with Crippen molar-refractivity contribution in [2.24, 2.45) is 0 Å². The molecule has 0 aliphatic carbocycles. The highest BCUT2D eigenvalue weighted by atomic mass is 16.5. The van der Waals surface area contributed by atoms with Gasteiger partial charge >= 0.3 is 0 Å². The standard InChI is InChI=1S/C33H36N4O5/c1-3-14-37-21-32(38)35-28-13-15-36(19-26-9-5-4-8-25(26)18-34)20-31(28)41-22-23-7-6-10-27(16-23)42-30-17-24(33(37)39)11-12-29(30)40-2/h4-12,16-17,28,31H,3,13-15,19-22H2,1-2H3,(H,35,38)/t28-,31-/m0/s1. The van der Waals surface area contributed by atoms with Crippen molar-refractivity contribution in [3.8, 4) is 23.3 Å². The maximum atomic E-state index is 13.6.